The molecule has 14 nitrogen and oxygen atoms in total. The Hall–Kier alpha value is -8.16. The Kier molecular flexibility index (Phi) is 14.7. The molecule has 1 N–H and O–H groups in total. The van der Waals surface area contributed by atoms with Gasteiger partial charge in [-0.15, -0.1) is 10.2 Å². The van der Waals surface area contributed by atoms with Crippen molar-refractivity contribution in [3.63, 3.8) is 0 Å². The van der Waals surface area contributed by atoms with Gasteiger partial charge in [0.1, 0.15) is 11.6 Å². The first-order chi connectivity index (χ1) is 30.4. The minimum atomic E-state index is -3.21. The van der Waals surface area contributed by atoms with Crippen LogP contribution in [0.25, 0.3) is 11.5 Å². The quantitative estimate of drug-likeness (QED) is 0.0847. The van der Waals surface area contributed by atoms with Crippen molar-refractivity contribution in [3.8, 4) is 11.5 Å². The lowest BCUT2D eigenvalue weighted by Crippen LogP contribution is -2.34. The van der Waals surface area contributed by atoms with E-state index in [1.165, 1.54) is 108 Å². The summed E-state index contributed by atoms with van der Waals surface area (Å²) >= 11 is 0. The third-order valence-corrected chi connectivity index (χ3v) is 8.69. The molecule has 7 rings (SSSR count). The molecule has 0 bridgehead atoms. The number of benzene rings is 2. The number of ketones is 1. The number of carbonyl (C=O) groups excluding carboxylic acids is 4. The topological polar surface area (TPSA) is 177 Å². The zero-order valence-corrected chi connectivity index (χ0v) is 32.4. The summed E-state index contributed by atoms with van der Waals surface area (Å²) in [5.74, 6) is -4.79. The van der Waals surface area contributed by atoms with Crippen molar-refractivity contribution in [1.82, 2.24) is 35.5 Å². The predicted molar refractivity (Wildman–Crippen MR) is 212 cm³/mol. The Bertz CT molecular complexity index is 2660. The van der Waals surface area contributed by atoms with Crippen molar-refractivity contribution in [2.45, 2.75) is 25.9 Å². The molecular weight excluding hydrogens is 837 g/mol. The molecule has 320 valence electrons. The number of pyridine rings is 4. The molecule has 2 aromatic carbocycles. The normalized spacial score (nSPS) is 10.8. The summed E-state index contributed by atoms with van der Waals surface area (Å²) in [6.45, 7) is -0.585. The molecule has 5 heterocycles. The number of hydrogen-bond donors (Lipinski definition) is 1. The molecule has 3 amide bonds. The highest BCUT2D eigenvalue weighted by Crippen LogP contribution is 2.25. The van der Waals surface area contributed by atoms with Crippen LogP contribution in [0.4, 0.5) is 37.7 Å². The summed E-state index contributed by atoms with van der Waals surface area (Å²) in [5.41, 5.74) is 2.69. The predicted octanol–water partition coefficient (Wildman–Crippen LogP) is 7.48. The molecule has 0 saturated carbocycles. The van der Waals surface area contributed by atoms with Crippen LogP contribution in [-0.4, -0.2) is 66.6 Å². The van der Waals surface area contributed by atoms with Gasteiger partial charge in [-0.1, -0.05) is 12.1 Å². The number of carbonyl (C=O) groups is 4. The average Bonchev–Trinajstić information content (AvgIpc) is 3.81. The van der Waals surface area contributed by atoms with Gasteiger partial charge in [0.15, 0.2) is 5.78 Å². The van der Waals surface area contributed by atoms with Gasteiger partial charge in [0.05, 0.1) is 36.6 Å². The molecule has 0 saturated heterocycles. The SMILES string of the molecule is O=C(CNC(=O)C(F)F)c1ccc(CN(C(=O)c2ccncc2)c2cccc(F)c2)nc1.O=C(c1ccncc1)N(Cc1ccc(-c2nnc(C(F)F)o2)cn1)c1cccc(F)c1. The third kappa shape index (κ3) is 12.0. The summed E-state index contributed by atoms with van der Waals surface area (Å²) in [6, 6.07) is 23.4. The number of aromatic nitrogens is 6. The molecule has 63 heavy (non-hydrogen) atoms. The highest BCUT2D eigenvalue weighted by Gasteiger charge is 2.23. The lowest BCUT2D eigenvalue weighted by Gasteiger charge is -2.23. The first-order valence-corrected chi connectivity index (χ1v) is 18.4. The summed E-state index contributed by atoms with van der Waals surface area (Å²) in [5, 5.41) is 8.68. The number of alkyl halides is 4. The van der Waals surface area contributed by atoms with E-state index in [2.05, 4.69) is 30.1 Å². The van der Waals surface area contributed by atoms with E-state index in [9.17, 15) is 45.5 Å². The number of hydrogen-bond acceptors (Lipinski definition) is 11. The molecule has 0 spiro atoms. The fraction of sp³-hybridized carbons (Fsp3) is 0.116. The Balaban J connectivity index is 0.000000210. The second-order valence-electron chi connectivity index (χ2n) is 13.0. The number of nitrogens with one attached hydrogen (secondary N) is 1. The Labute approximate surface area is 353 Å². The Morgan fingerprint density at radius 1 is 0.619 bits per heavy atom. The van der Waals surface area contributed by atoms with Gasteiger partial charge in [0, 0.05) is 65.2 Å². The number of Topliss-reactive ketones (excluding diaryl/α,β-unsaturated/α-hetero) is 1. The minimum absolute atomic E-state index is 0.0266. The summed E-state index contributed by atoms with van der Waals surface area (Å²) in [7, 11) is 0. The van der Waals surface area contributed by atoms with Crippen molar-refractivity contribution in [3.05, 3.63) is 180 Å². The van der Waals surface area contributed by atoms with Crippen LogP contribution in [0.2, 0.25) is 0 Å². The zero-order valence-electron chi connectivity index (χ0n) is 32.4. The van der Waals surface area contributed by atoms with Crippen molar-refractivity contribution in [2.75, 3.05) is 16.3 Å². The highest BCUT2D eigenvalue weighted by atomic mass is 19.3. The van der Waals surface area contributed by atoms with Crippen LogP contribution in [0.1, 0.15) is 54.8 Å². The smallest absolute Gasteiger partial charge is 0.315 e. The first kappa shape index (κ1) is 44.4. The molecule has 0 aliphatic rings. The number of anilines is 2. The van der Waals surface area contributed by atoms with E-state index in [1.54, 1.807) is 36.4 Å². The van der Waals surface area contributed by atoms with Crippen molar-refractivity contribution in [2.24, 2.45) is 0 Å². The summed E-state index contributed by atoms with van der Waals surface area (Å²) in [6.07, 6.45) is 2.41. The monoisotopic (exact) mass is 867 g/mol. The van der Waals surface area contributed by atoms with Gasteiger partial charge in [0.2, 0.25) is 5.89 Å². The van der Waals surface area contributed by atoms with Gasteiger partial charge in [-0.05, 0) is 84.9 Å². The Morgan fingerprint density at radius 2 is 1.14 bits per heavy atom. The van der Waals surface area contributed by atoms with Crippen LogP contribution >= 0.6 is 0 Å². The number of rotatable bonds is 14. The van der Waals surface area contributed by atoms with E-state index >= 15 is 0 Å². The van der Waals surface area contributed by atoms with Crippen molar-refractivity contribution < 1.29 is 49.9 Å². The molecule has 0 radical (unpaired) electrons. The fourth-order valence-electron chi connectivity index (χ4n) is 5.59. The van der Waals surface area contributed by atoms with Crippen LogP contribution in [-0.2, 0) is 17.9 Å². The molecule has 0 atom stereocenters. The number of halogens is 6. The molecule has 0 unspecified atom stereocenters. The molecule has 5 aromatic heterocycles. The van der Waals surface area contributed by atoms with Crippen LogP contribution in [0.3, 0.4) is 0 Å². The van der Waals surface area contributed by atoms with Gasteiger partial charge in [0.25, 0.3) is 23.6 Å². The van der Waals surface area contributed by atoms with Gasteiger partial charge >= 0.3 is 12.9 Å². The van der Waals surface area contributed by atoms with E-state index in [-0.39, 0.29) is 30.5 Å². The largest absolute Gasteiger partial charge is 0.415 e. The molecule has 7 aromatic rings. The first-order valence-electron chi connectivity index (χ1n) is 18.4. The van der Waals surface area contributed by atoms with E-state index < -0.39 is 54.5 Å². The lowest BCUT2D eigenvalue weighted by molar-refractivity contribution is -0.131. The molecular formula is C43H31F6N9O5. The maximum atomic E-state index is 13.8. The van der Waals surface area contributed by atoms with Crippen molar-refractivity contribution in [1.29, 1.82) is 0 Å². The maximum Gasteiger partial charge on any atom is 0.315 e. The van der Waals surface area contributed by atoms with E-state index in [0.29, 0.717) is 39.5 Å². The van der Waals surface area contributed by atoms with Crippen LogP contribution in [0.5, 0.6) is 0 Å². The van der Waals surface area contributed by atoms with Gasteiger partial charge in [-0.3, -0.25) is 39.1 Å². The second kappa shape index (κ2) is 20.9. The van der Waals surface area contributed by atoms with Crippen LogP contribution in [0, 0.1) is 11.6 Å². The van der Waals surface area contributed by atoms with E-state index in [1.807, 2.05) is 5.32 Å². The number of amides is 3. The van der Waals surface area contributed by atoms with E-state index in [4.69, 9.17) is 4.42 Å². The van der Waals surface area contributed by atoms with Gasteiger partial charge in [-0.25, -0.2) is 8.78 Å². The highest BCUT2D eigenvalue weighted by molar-refractivity contribution is 6.06. The fourth-order valence-corrected chi connectivity index (χ4v) is 5.59. The lowest BCUT2D eigenvalue weighted by atomic mass is 10.1. The van der Waals surface area contributed by atoms with Crippen LogP contribution in [0.15, 0.2) is 139 Å². The van der Waals surface area contributed by atoms with E-state index in [0.717, 1.165) is 0 Å². The second-order valence-corrected chi connectivity index (χ2v) is 13.0. The standard InChI is InChI=1S/C22H17F3N4O3.C21H14F3N5O2/c23-16-2-1-3-18(10-16)29(22(32)14-6-8-26-9-7-14)13-17-5-4-15(11-27-17)19(30)12-28-21(31)20(24)25;22-15-2-1-3-17(10-15)29(21(30)13-6-8-25-9-7-13)12-16-5-4-14(11-26-16)19-27-28-20(31-19)18(23)24/h1-11,20H,12-13H2,(H,28,31);1-11,18H,12H2. The van der Waals surface area contributed by atoms with Crippen LogP contribution < -0.4 is 15.1 Å². The zero-order chi connectivity index (χ0) is 44.9. The maximum absolute atomic E-state index is 13.8. The van der Waals surface area contributed by atoms with Crippen molar-refractivity contribution >= 4 is 34.9 Å². The molecule has 0 aliphatic heterocycles. The molecule has 0 aliphatic carbocycles. The summed E-state index contributed by atoms with van der Waals surface area (Å²) < 4.78 is 82.2. The average molecular weight is 868 g/mol. The number of nitrogens with zero attached hydrogens (tertiary/aromatic N) is 8. The minimum Gasteiger partial charge on any atom is -0.415 e. The third-order valence-electron chi connectivity index (χ3n) is 8.69. The molecule has 20 heteroatoms. The van der Waals surface area contributed by atoms with Gasteiger partial charge in [-0.2, -0.15) is 17.6 Å². The molecule has 0 fully saturated rings. The summed E-state index contributed by atoms with van der Waals surface area (Å²) in [4.78, 5) is 67.9. The van der Waals surface area contributed by atoms with Gasteiger partial charge < -0.3 is 19.5 Å². The Morgan fingerprint density at radius 3 is 1.57 bits per heavy atom.